The fourth-order valence-corrected chi connectivity index (χ4v) is 3.77. The largest absolute Gasteiger partial charge is 0.478 e. The van der Waals surface area contributed by atoms with E-state index in [1.165, 1.54) is 0 Å². The van der Waals surface area contributed by atoms with Gasteiger partial charge in [-0.2, -0.15) is 0 Å². The number of piperidine rings is 1. The van der Waals surface area contributed by atoms with E-state index < -0.39 is 5.97 Å². The third-order valence-electron chi connectivity index (χ3n) is 4.38. The first kappa shape index (κ1) is 16.6. The van der Waals surface area contributed by atoms with E-state index in [0.717, 1.165) is 35.7 Å². The molecule has 0 saturated carbocycles. The molecule has 1 atom stereocenters. The lowest BCUT2D eigenvalue weighted by Crippen LogP contribution is -2.40. The van der Waals surface area contributed by atoms with Gasteiger partial charge in [0.05, 0.1) is 22.7 Å². The minimum atomic E-state index is -0.917. The minimum absolute atomic E-state index is 0.0967. The van der Waals surface area contributed by atoms with Gasteiger partial charge in [-0.25, -0.2) is 9.78 Å². The topological polar surface area (TPSA) is 70.5 Å². The maximum Gasteiger partial charge on any atom is 0.335 e. The van der Waals surface area contributed by atoms with Gasteiger partial charge in [0.2, 0.25) is 5.91 Å². The maximum absolute atomic E-state index is 12.5. The van der Waals surface area contributed by atoms with E-state index in [0.29, 0.717) is 18.5 Å². The van der Waals surface area contributed by atoms with Crippen molar-refractivity contribution < 1.29 is 14.7 Å². The first-order valence-corrected chi connectivity index (χ1v) is 8.93. The quantitative estimate of drug-likeness (QED) is 0.925. The van der Waals surface area contributed by atoms with Gasteiger partial charge in [0.15, 0.2) is 0 Å². The number of aryl methyl sites for hydroxylation is 1. The molecule has 1 aromatic carbocycles. The summed E-state index contributed by atoms with van der Waals surface area (Å²) in [4.78, 5) is 29.9. The molecule has 126 valence electrons. The van der Waals surface area contributed by atoms with Crippen LogP contribution in [0.15, 0.2) is 29.6 Å². The second kappa shape index (κ2) is 7.13. The number of rotatable bonds is 4. The Morgan fingerprint density at radius 2 is 2.25 bits per heavy atom. The molecule has 1 amide bonds. The second-order valence-corrected chi connectivity index (χ2v) is 7.21. The molecule has 0 aliphatic carbocycles. The summed E-state index contributed by atoms with van der Waals surface area (Å²) in [6.07, 6.45) is 2.25. The van der Waals surface area contributed by atoms with Crippen LogP contribution in [0, 0.1) is 6.92 Å². The molecule has 1 unspecified atom stereocenters. The van der Waals surface area contributed by atoms with E-state index >= 15 is 0 Å². The van der Waals surface area contributed by atoms with Crippen molar-refractivity contribution in [2.24, 2.45) is 0 Å². The van der Waals surface area contributed by atoms with Gasteiger partial charge in [0.1, 0.15) is 0 Å². The zero-order valence-corrected chi connectivity index (χ0v) is 14.4. The van der Waals surface area contributed by atoms with Crippen molar-refractivity contribution in [3.8, 4) is 0 Å². The monoisotopic (exact) mass is 344 g/mol. The molecule has 0 radical (unpaired) electrons. The average molecular weight is 344 g/mol. The Balaban J connectivity index is 1.68. The second-order valence-electron chi connectivity index (χ2n) is 6.14. The van der Waals surface area contributed by atoms with Crippen LogP contribution in [0.4, 0.5) is 0 Å². The summed E-state index contributed by atoms with van der Waals surface area (Å²) in [7, 11) is 0. The van der Waals surface area contributed by atoms with Crippen molar-refractivity contribution in [1.82, 2.24) is 9.88 Å². The Labute approximate surface area is 145 Å². The zero-order chi connectivity index (χ0) is 17.1. The lowest BCUT2D eigenvalue weighted by atomic mass is 9.89. The molecule has 0 bridgehead atoms. The summed E-state index contributed by atoms with van der Waals surface area (Å²) < 4.78 is 0. The fraction of sp³-hybridized carbons (Fsp3) is 0.389. The molecule has 5 nitrogen and oxygen atoms in total. The lowest BCUT2D eigenvalue weighted by Gasteiger charge is -2.33. The van der Waals surface area contributed by atoms with Crippen molar-refractivity contribution in [1.29, 1.82) is 0 Å². The van der Waals surface area contributed by atoms with Gasteiger partial charge in [0.25, 0.3) is 0 Å². The van der Waals surface area contributed by atoms with Crippen LogP contribution in [0.5, 0.6) is 0 Å². The predicted molar refractivity (Wildman–Crippen MR) is 92.5 cm³/mol. The van der Waals surface area contributed by atoms with Crippen molar-refractivity contribution in [2.75, 3.05) is 13.1 Å². The number of likely N-dealkylation sites (tertiary alicyclic amines) is 1. The first-order chi connectivity index (χ1) is 11.5. The van der Waals surface area contributed by atoms with Crippen molar-refractivity contribution in [3.63, 3.8) is 0 Å². The highest BCUT2D eigenvalue weighted by molar-refractivity contribution is 7.09. The van der Waals surface area contributed by atoms with Gasteiger partial charge in [0, 0.05) is 24.4 Å². The zero-order valence-electron chi connectivity index (χ0n) is 13.6. The molecule has 1 saturated heterocycles. The van der Waals surface area contributed by atoms with Gasteiger partial charge >= 0.3 is 5.97 Å². The van der Waals surface area contributed by atoms with Crippen molar-refractivity contribution in [2.45, 2.75) is 32.1 Å². The van der Waals surface area contributed by atoms with Crippen LogP contribution in [0.25, 0.3) is 0 Å². The first-order valence-electron chi connectivity index (χ1n) is 8.05. The SMILES string of the molecule is Cc1nc(CC(=O)N2CCCC(c3cccc(C(=O)O)c3)C2)cs1. The Bertz CT molecular complexity index is 756. The Kier molecular flexibility index (Phi) is 4.94. The van der Waals surface area contributed by atoms with Crippen molar-refractivity contribution >= 4 is 23.2 Å². The fourth-order valence-electron chi connectivity index (χ4n) is 3.16. The highest BCUT2D eigenvalue weighted by atomic mass is 32.1. The van der Waals surface area contributed by atoms with Crippen LogP contribution in [0.1, 0.15) is 45.4 Å². The summed E-state index contributed by atoms with van der Waals surface area (Å²) in [5, 5.41) is 12.1. The van der Waals surface area contributed by atoms with Gasteiger partial charge in [-0.3, -0.25) is 4.79 Å². The van der Waals surface area contributed by atoms with Gasteiger partial charge in [-0.15, -0.1) is 11.3 Å². The molecule has 3 rings (SSSR count). The molecule has 1 aromatic heterocycles. The number of thiazole rings is 1. The number of carboxylic acids is 1. The molecule has 2 aromatic rings. The Hall–Kier alpha value is -2.21. The lowest BCUT2D eigenvalue weighted by molar-refractivity contribution is -0.131. The van der Waals surface area contributed by atoms with Gasteiger partial charge in [-0.05, 0) is 37.5 Å². The van der Waals surface area contributed by atoms with Crippen LogP contribution < -0.4 is 0 Å². The molecule has 1 aliphatic heterocycles. The third kappa shape index (κ3) is 3.82. The summed E-state index contributed by atoms with van der Waals surface area (Å²) >= 11 is 1.56. The Morgan fingerprint density at radius 3 is 2.96 bits per heavy atom. The summed E-state index contributed by atoms with van der Waals surface area (Å²) in [5.41, 5.74) is 2.13. The number of nitrogens with zero attached hydrogens (tertiary/aromatic N) is 2. The number of hydrogen-bond acceptors (Lipinski definition) is 4. The van der Waals surface area contributed by atoms with E-state index in [1.807, 2.05) is 23.3 Å². The number of amides is 1. The van der Waals surface area contributed by atoms with Crippen LogP contribution in [0.3, 0.4) is 0 Å². The Morgan fingerprint density at radius 1 is 1.42 bits per heavy atom. The average Bonchev–Trinajstić information content (AvgIpc) is 3.00. The number of benzene rings is 1. The number of carboxylic acid groups (broad SMARTS) is 1. The van der Waals surface area contributed by atoms with Gasteiger partial charge < -0.3 is 10.0 Å². The molecule has 6 heteroatoms. The van der Waals surface area contributed by atoms with Crippen LogP contribution in [0.2, 0.25) is 0 Å². The van der Waals surface area contributed by atoms with E-state index in [1.54, 1.807) is 29.5 Å². The predicted octanol–water partition coefficient (Wildman–Crippen LogP) is 3.10. The molecule has 1 aliphatic rings. The molecule has 1 N–H and O–H groups in total. The molecule has 2 heterocycles. The normalized spacial score (nSPS) is 17.7. The summed E-state index contributed by atoms with van der Waals surface area (Å²) in [6.45, 7) is 3.34. The van der Waals surface area contributed by atoms with E-state index in [9.17, 15) is 9.59 Å². The molecular weight excluding hydrogens is 324 g/mol. The number of aromatic nitrogens is 1. The third-order valence-corrected chi connectivity index (χ3v) is 5.20. The van der Waals surface area contributed by atoms with E-state index in [2.05, 4.69) is 4.98 Å². The maximum atomic E-state index is 12.5. The van der Waals surface area contributed by atoms with E-state index in [-0.39, 0.29) is 11.8 Å². The number of hydrogen-bond donors (Lipinski definition) is 1. The summed E-state index contributed by atoms with van der Waals surface area (Å²) in [5.74, 6) is -0.627. The van der Waals surface area contributed by atoms with Crippen LogP contribution in [-0.4, -0.2) is 40.0 Å². The standard InChI is InChI=1S/C18H20N2O3S/c1-12-19-16(11-24-12)9-17(21)20-7-3-6-15(10-20)13-4-2-5-14(8-13)18(22)23/h2,4-5,8,11,15H,3,6-7,9-10H2,1H3,(H,22,23). The van der Waals surface area contributed by atoms with Crippen LogP contribution in [-0.2, 0) is 11.2 Å². The van der Waals surface area contributed by atoms with Crippen LogP contribution >= 0.6 is 11.3 Å². The number of carbonyl (C=O) groups is 2. The van der Waals surface area contributed by atoms with Crippen molar-refractivity contribution in [3.05, 3.63) is 51.5 Å². The summed E-state index contributed by atoms with van der Waals surface area (Å²) in [6, 6.07) is 7.05. The smallest absolute Gasteiger partial charge is 0.335 e. The van der Waals surface area contributed by atoms with Gasteiger partial charge in [-0.1, -0.05) is 12.1 Å². The van der Waals surface area contributed by atoms with E-state index in [4.69, 9.17) is 5.11 Å². The molecular formula is C18H20N2O3S. The molecule has 1 fully saturated rings. The molecule has 0 spiro atoms. The minimum Gasteiger partial charge on any atom is -0.478 e. The highest BCUT2D eigenvalue weighted by Crippen LogP contribution is 2.28. The molecule has 24 heavy (non-hydrogen) atoms. The number of aromatic carboxylic acids is 1. The number of carbonyl (C=O) groups excluding carboxylic acids is 1. The highest BCUT2D eigenvalue weighted by Gasteiger charge is 2.25.